The molecule has 1 heterocycles. The Morgan fingerprint density at radius 3 is 2.36 bits per heavy atom. The van der Waals surface area contributed by atoms with E-state index in [-0.39, 0.29) is 18.4 Å². The predicted molar refractivity (Wildman–Crippen MR) is 122 cm³/mol. The first kappa shape index (κ1) is 25.9. The third-order valence-electron chi connectivity index (χ3n) is 5.25. The fourth-order valence-electron chi connectivity index (χ4n) is 3.27. The van der Waals surface area contributed by atoms with Gasteiger partial charge < -0.3 is 15.6 Å². The number of alkyl halides is 3. The summed E-state index contributed by atoms with van der Waals surface area (Å²) in [6.07, 6.45) is -3.26. The second-order valence-electron chi connectivity index (χ2n) is 7.32. The summed E-state index contributed by atoms with van der Waals surface area (Å²) in [5.74, 6) is -2.17. The van der Waals surface area contributed by atoms with Gasteiger partial charge in [-0.2, -0.15) is 13.2 Å². The van der Waals surface area contributed by atoms with Gasteiger partial charge in [0, 0.05) is 22.7 Å². The first-order valence-electron chi connectivity index (χ1n) is 9.52. The Bertz CT molecular complexity index is 1270. The Kier molecular flexibility index (Phi) is 7.59. The van der Waals surface area contributed by atoms with Gasteiger partial charge in [0.25, 0.3) is 5.56 Å². The summed E-state index contributed by atoms with van der Waals surface area (Å²) >= 11 is 5.65. The normalized spacial score (nSPS) is 13.2. The molecule has 0 saturated carbocycles. The number of amides is 2. The molecule has 176 valence electrons. The lowest BCUT2D eigenvalue weighted by atomic mass is 9.97. The first-order valence-corrected chi connectivity index (χ1v) is 9.90. The molecule has 0 bridgehead atoms. The van der Waals surface area contributed by atoms with Gasteiger partial charge in [-0.25, -0.2) is 0 Å². The monoisotopic (exact) mass is 481 g/mol. The van der Waals surface area contributed by atoms with Crippen LogP contribution in [0.1, 0.15) is 44.4 Å². The van der Waals surface area contributed by atoms with Crippen LogP contribution < -0.4 is 16.6 Å². The number of rotatable bonds is 5. The molecule has 1 aromatic heterocycles. The smallest absolute Gasteiger partial charge is 0.368 e. The summed E-state index contributed by atoms with van der Waals surface area (Å²) in [6, 6.07) is 8.65. The molecular weight excluding hydrogens is 459 g/mol. The van der Waals surface area contributed by atoms with E-state index in [4.69, 9.17) is 17.3 Å². The molecule has 0 aliphatic carbocycles. The molecule has 0 saturated heterocycles. The lowest BCUT2D eigenvalue weighted by Crippen LogP contribution is -2.31. The maximum atomic E-state index is 13.1. The number of carbonyl (C=O) groups is 2. The molecule has 2 aromatic carbocycles. The molecular formula is C23H23ClF3N3O3. The van der Waals surface area contributed by atoms with Crippen molar-refractivity contribution in [2.45, 2.75) is 39.4 Å². The largest absolute Gasteiger partial charge is 0.417 e. The quantitative estimate of drug-likeness (QED) is 0.531. The van der Waals surface area contributed by atoms with Crippen LogP contribution in [0.5, 0.6) is 0 Å². The van der Waals surface area contributed by atoms with Crippen LogP contribution in [-0.2, 0) is 15.8 Å². The molecule has 2 atom stereocenters. The minimum atomic E-state index is -4.65. The maximum absolute atomic E-state index is 13.1. The van der Waals surface area contributed by atoms with Crippen molar-refractivity contribution in [1.29, 1.82) is 0 Å². The number of pyridine rings is 1. The molecule has 0 aliphatic rings. The van der Waals surface area contributed by atoms with Crippen molar-refractivity contribution in [3.05, 3.63) is 75.2 Å². The highest BCUT2D eigenvalue weighted by molar-refractivity contribution is 6.31. The summed E-state index contributed by atoms with van der Waals surface area (Å²) in [5.41, 5.74) is 4.23. The number of fused-ring (bicyclic) bond motifs is 1. The highest BCUT2D eigenvalue weighted by Crippen LogP contribution is 2.36. The molecule has 0 spiro atoms. The SMILES string of the molecule is C.CC(C(=O)Nc1cccc2c(=O)n([C@@H](C)C(N)=O)ccc12)c1ccc(Cl)c(C(F)(F)F)c1. The van der Waals surface area contributed by atoms with Crippen LogP contribution in [0.4, 0.5) is 18.9 Å². The molecule has 10 heteroatoms. The van der Waals surface area contributed by atoms with Crippen molar-refractivity contribution in [3.8, 4) is 0 Å². The summed E-state index contributed by atoms with van der Waals surface area (Å²) in [7, 11) is 0. The number of halogens is 4. The number of aromatic nitrogens is 1. The average Bonchev–Trinajstić information content (AvgIpc) is 2.73. The number of nitrogens with zero attached hydrogens (tertiary/aromatic N) is 1. The van der Waals surface area contributed by atoms with E-state index < -0.39 is 46.1 Å². The van der Waals surface area contributed by atoms with Crippen LogP contribution in [0.15, 0.2) is 53.5 Å². The molecule has 3 rings (SSSR count). The third-order valence-corrected chi connectivity index (χ3v) is 5.58. The van der Waals surface area contributed by atoms with Crippen LogP contribution in [0, 0.1) is 0 Å². The van der Waals surface area contributed by atoms with Gasteiger partial charge in [-0.3, -0.25) is 14.4 Å². The number of benzene rings is 2. The van der Waals surface area contributed by atoms with Crippen LogP contribution >= 0.6 is 11.6 Å². The fraction of sp³-hybridized carbons (Fsp3) is 0.261. The number of hydrogen-bond acceptors (Lipinski definition) is 3. The van der Waals surface area contributed by atoms with Crippen molar-refractivity contribution in [2.24, 2.45) is 5.73 Å². The topological polar surface area (TPSA) is 94.2 Å². The van der Waals surface area contributed by atoms with E-state index in [1.165, 1.54) is 36.7 Å². The lowest BCUT2D eigenvalue weighted by molar-refractivity contribution is -0.137. The second-order valence-corrected chi connectivity index (χ2v) is 7.73. The Morgan fingerprint density at radius 1 is 1.09 bits per heavy atom. The highest BCUT2D eigenvalue weighted by Gasteiger charge is 2.34. The van der Waals surface area contributed by atoms with Gasteiger partial charge in [0.1, 0.15) is 6.04 Å². The zero-order chi connectivity index (χ0) is 23.8. The summed E-state index contributed by atoms with van der Waals surface area (Å²) in [5, 5.41) is 2.87. The van der Waals surface area contributed by atoms with Gasteiger partial charge in [-0.05, 0) is 49.7 Å². The second kappa shape index (κ2) is 9.66. The van der Waals surface area contributed by atoms with Gasteiger partial charge in [0.15, 0.2) is 0 Å². The molecule has 2 amide bonds. The summed E-state index contributed by atoms with van der Waals surface area (Å²) in [6.45, 7) is 2.95. The van der Waals surface area contributed by atoms with Crippen molar-refractivity contribution in [1.82, 2.24) is 4.57 Å². The Labute approximate surface area is 193 Å². The molecule has 0 fully saturated rings. The maximum Gasteiger partial charge on any atom is 0.417 e. The van der Waals surface area contributed by atoms with Crippen LogP contribution in [0.3, 0.4) is 0 Å². The van der Waals surface area contributed by atoms with Gasteiger partial charge in [-0.15, -0.1) is 0 Å². The van der Waals surface area contributed by atoms with Gasteiger partial charge in [0.05, 0.1) is 16.5 Å². The zero-order valence-corrected chi connectivity index (χ0v) is 17.8. The van der Waals surface area contributed by atoms with Crippen molar-refractivity contribution in [3.63, 3.8) is 0 Å². The van der Waals surface area contributed by atoms with Gasteiger partial charge >= 0.3 is 6.18 Å². The minimum absolute atomic E-state index is 0. The first-order chi connectivity index (χ1) is 14.9. The third kappa shape index (κ3) is 5.19. The molecule has 0 aliphatic heterocycles. The Hall–Kier alpha value is -3.33. The zero-order valence-electron chi connectivity index (χ0n) is 17.0. The fourth-order valence-corrected chi connectivity index (χ4v) is 3.49. The Morgan fingerprint density at radius 2 is 1.76 bits per heavy atom. The van der Waals surface area contributed by atoms with E-state index in [1.54, 1.807) is 18.2 Å². The predicted octanol–water partition coefficient (Wildman–Crippen LogP) is 5.10. The molecule has 1 unspecified atom stereocenters. The average molecular weight is 482 g/mol. The van der Waals surface area contributed by atoms with E-state index in [0.29, 0.717) is 11.1 Å². The van der Waals surface area contributed by atoms with Gasteiger partial charge in [0.2, 0.25) is 11.8 Å². The van der Waals surface area contributed by atoms with E-state index in [1.807, 2.05) is 0 Å². The standard InChI is InChI=1S/C22H19ClF3N3O3.CH4/c1-11(13-6-7-17(23)16(10-13)22(24,25)26)20(31)28-18-5-3-4-15-14(18)8-9-29(21(15)32)12(2)19(27)30;/h3-12H,1-2H3,(H2,27,30)(H,28,31);1H4/t11?,12-;/m0./s1. The van der Waals surface area contributed by atoms with Crippen LogP contribution in [-0.4, -0.2) is 16.4 Å². The number of carbonyl (C=O) groups excluding carboxylic acids is 2. The van der Waals surface area contributed by atoms with E-state index in [0.717, 1.165) is 12.1 Å². The van der Waals surface area contributed by atoms with E-state index in [2.05, 4.69) is 5.32 Å². The number of nitrogens with one attached hydrogen (secondary N) is 1. The lowest BCUT2D eigenvalue weighted by Gasteiger charge is -2.17. The minimum Gasteiger partial charge on any atom is -0.368 e. The van der Waals surface area contributed by atoms with E-state index in [9.17, 15) is 27.6 Å². The van der Waals surface area contributed by atoms with Gasteiger partial charge in [-0.1, -0.05) is 31.2 Å². The van der Waals surface area contributed by atoms with Crippen molar-refractivity contribution >= 4 is 39.9 Å². The molecule has 3 N–H and O–H groups in total. The van der Waals surface area contributed by atoms with E-state index >= 15 is 0 Å². The molecule has 33 heavy (non-hydrogen) atoms. The molecule has 3 aromatic rings. The van der Waals surface area contributed by atoms with Crippen LogP contribution in [0.25, 0.3) is 10.8 Å². The summed E-state index contributed by atoms with van der Waals surface area (Å²) in [4.78, 5) is 37.0. The summed E-state index contributed by atoms with van der Waals surface area (Å²) < 4.78 is 40.6. The molecule has 6 nitrogen and oxygen atoms in total. The Balaban J connectivity index is 0.00000385. The number of primary amides is 1. The van der Waals surface area contributed by atoms with Crippen molar-refractivity contribution < 1.29 is 22.8 Å². The number of nitrogens with two attached hydrogens (primary N) is 1. The van der Waals surface area contributed by atoms with Crippen molar-refractivity contribution in [2.75, 3.05) is 5.32 Å². The molecule has 0 radical (unpaired) electrons. The number of hydrogen-bond donors (Lipinski definition) is 2. The highest BCUT2D eigenvalue weighted by atomic mass is 35.5. The number of anilines is 1. The van der Waals surface area contributed by atoms with Crippen LogP contribution in [0.2, 0.25) is 5.02 Å².